The molecule has 7 heteroatoms. The smallest absolute Gasteiger partial charge is 0.276 e. The van der Waals surface area contributed by atoms with Crippen LogP contribution in [0.5, 0.6) is 0 Å². The van der Waals surface area contributed by atoms with E-state index in [0.29, 0.717) is 19.0 Å². The van der Waals surface area contributed by atoms with Crippen LogP contribution in [0.15, 0.2) is 41.1 Å². The molecule has 3 aromatic rings. The number of nitrogen functional groups attached to an aromatic ring is 1. The molecule has 4 rings (SSSR count). The summed E-state index contributed by atoms with van der Waals surface area (Å²) >= 11 is 0. The molecule has 0 aliphatic carbocycles. The van der Waals surface area contributed by atoms with E-state index < -0.39 is 0 Å². The maximum Gasteiger partial charge on any atom is 0.276 e. The first-order chi connectivity index (χ1) is 11.7. The van der Waals surface area contributed by atoms with Gasteiger partial charge in [-0.2, -0.15) is 0 Å². The van der Waals surface area contributed by atoms with Crippen LogP contribution in [0.25, 0.3) is 11.1 Å². The lowest BCUT2D eigenvalue weighted by Gasteiger charge is -2.31. The Hall–Kier alpha value is -2.96. The molecule has 0 unspecified atom stereocenters. The summed E-state index contributed by atoms with van der Waals surface area (Å²) in [7, 11) is 0. The predicted octanol–water partition coefficient (Wildman–Crippen LogP) is 2.22. The SMILES string of the molecule is Nc1nccnc1C(=O)N1CCC[C@H](c2nc3ccccc3o2)C1. The predicted molar refractivity (Wildman–Crippen MR) is 88.3 cm³/mol. The van der Waals surface area contributed by atoms with E-state index in [2.05, 4.69) is 15.0 Å². The highest BCUT2D eigenvalue weighted by molar-refractivity contribution is 5.96. The van der Waals surface area contributed by atoms with E-state index in [0.717, 1.165) is 23.9 Å². The van der Waals surface area contributed by atoms with Crippen molar-refractivity contribution < 1.29 is 9.21 Å². The number of carbonyl (C=O) groups excluding carboxylic acids is 1. The molecule has 3 heterocycles. The number of hydrogen-bond acceptors (Lipinski definition) is 6. The van der Waals surface area contributed by atoms with Gasteiger partial charge in [-0.3, -0.25) is 4.79 Å². The highest BCUT2D eigenvalue weighted by atomic mass is 16.3. The number of amides is 1. The zero-order valence-corrected chi connectivity index (χ0v) is 13.1. The fraction of sp³-hybridized carbons (Fsp3) is 0.294. The minimum Gasteiger partial charge on any atom is -0.440 e. The summed E-state index contributed by atoms with van der Waals surface area (Å²) in [6.45, 7) is 1.22. The number of aromatic nitrogens is 3. The van der Waals surface area contributed by atoms with Gasteiger partial charge in [0.1, 0.15) is 5.52 Å². The average molecular weight is 323 g/mol. The molecule has 0 spiro atoms. The summed E-state index contributed by atoms with van der Waals surface area (Å²) in [5.74, 6) is 0.724. The molecule has 1 aromatic carbocycles. The number of rotatable bonds is 2. The highest BCUT2D eigenvalue weighted by Crippen LogP contribution is 2.29. The summed E-state index contributed by atoms with van der Waals surface area (Å²) in [5.41, 5.74) is 7.59. The molecule has 1 aliphatic heterocycles. The normalized spacial score (nSPS) is 18.0. The molecule has 1 fully saturated rings. The Morgan fingerprint density at radius 2 is 2.08 bits per heavy atom. The van der Waals surface area contributed by atoms with Crippen molar-refractivity contribution in [1.82, 2.24) is 19.9 Å². The van der Waals surface area contributed by atoms with Crippen molar-refractivity contribution in [2.75, 3.05) is 18.8 Å². The van der Waals surface area contributed by atoms with Gasteiger partial charge < -0.3 is 15.1 Å². The summed E-state index contributed by atoms with van der Waals surface area (Å²) in [5, 5.41) is 0. The van der Waals surface area contributed by atoms with Crippen LogP contribution >= 0.6 is 0 Å². The first-order valence-corrected chi connectivity index (χ1v) is 7.93. The molecule has 0 saturated carbocycles. The third-order valence-electron chi connectivity index (χ3n) is 4.30. The molecule has 0 radical (unpaired) electrons. The van der Waals surface area contributed by atoms with Crippen molar-refractivity contribution in [3.63, 3.8) is 0 Å². The van der Waals surface area contributed by atoms with E-state index in [4.69, 9.17) is 10.2 Å². The van der Waals surface area contributed by atoms with Crippen molar-refractivity contribution >= 4 is 22.8 Å². The molecule has 0 bridgehead atoms. The second-order valence-corrected chi connectivity index (χ2v) is 5.90. The largest absolute Gasteiger partial charge is 0.440 e. The molecule has 7 nitrogen and oxygen atoms in total. The van der Waals surface area contributed by atoms with E-state index in [1.807, 2.05) is 24.3 Å². The molecule has 122 valence electrons. The van der Waals surface area contributed by atoms with Crippen LogP contribution in [0.3, 0.4) is 0 Å². The van der Waals surface area contributed by atoms with Crippen LogP contribution in [0.4, 0.5) is 5.82 Å². The van der Waals surface area contributed by atoms with Gasteiger partial charge in [0, 0.05) is 25.5 Å². The molecule has 1 atom stereocenters. The Morgan fingerprint density at radius 1 is 1.25 bits per heavy atom. The van der Waals surface area contributed by atoms with Gasteiger partial charge in [-0.15, -0.1) is 0 Å². The molecule has 1 amide bonds. The molecular weight excluding hydrogens is 306 g/mol. The Morgan fingerprint density at radius 3 is 2.92 bits per heavy atom. The van der Waals surface area contributed by atoms with Gasteiger partial charge in [0.25, 0.3) is 5.91 Å². The van der Waals surface area contributed by atoms with E-state index in [-0.39, 0.29) is 23.3 Å². The minimum absolute atomic E-state index is 0.0768. The van der Waals surface area contributed by atoms with Crippen LogP contribution < -0.4 is 5.73 Å². The van der Waals surface area contributed by atoms with E-state index >= 15 is 0 Å². The fourth-order valence-corrected chi connectivity index (χ4v) is 3.09. The monoisotopic (exact) mass is 323 g/mol. The van der Waals surface area contributed by atoms with Gasteiger partial charge in [0.15, 0.2) is 23.0 Å². The topological polar surface area (TPSA) is 98.1 Å². The van der Waals surface area contributed by atoms with Crippen molar-refractivity contribution in [2.24, 2.45) is 0 Å². The molecule has 1 aliphatic rings. The minimum atomic E-state index is -0.193. The van der Waals surface area contributed by atoms with Crippen LogP contribution in [-0.2, 0) is 0 Å². The number of piperidine rings is 1. The van der Waals surface area contributed by atoms with Gasteiger partial charge in [-0.1, -0.05) is 12.1 Å². The molecule has 2 aromatic heterocycles. The summed E-state index contributed by atoms with van der Waals surface area (Å²) in [4.78, 5) is 27.0. The summed E-state index contributed by atoms with van der Waals surface area (Å²) in [6.07, 6.45) is 4.77. The highest BCUT2D eigenvalue weighted by Gasteiger charge is 2.30. The third-order valence-corrected chi connectivity index (χ3v) is 4.30. The van der Waals surface area contributed by atoms with Gasteiger partial charge in [0.2, 0.25) is 0 Å². The third kappa shape index (κ3) is 2.58. The first kappa shape index (κ1) is 14.6. The second kappa shape index (κ2) is 5.92. The Balaban J connectivity index is 1.57. The number of nitrogens with zero attached hydrogens (tertiary/aromatic N) is 4. The van der Waals surface area contributed by atoms with Gasteiger partial charge in [0.05, 0.1) is 5.92 Å². The Labute approximate surface area is 138 Å². The number of para-hydroxylation sites is 2. The average Bonchev–Trinajstić information content (AvgIpc) is 3.06. The quantitative estimate of drug-likeness (QED) is 0.776. The van der Waals surface area contributed by atoms with E-state index in [1.165, 1.54) is 12.4 Å². The Bertz CT molecular complexity index is 858. The number of oxazole rings is 1. The van der Waals surface area contributed by atoms with Crippen molar-refractivity contribution in [1.29, 1.82) is 0 Å². The van der Waals surface area contributed by atoms with Gasteiger partial charge in [-0.25, -0.2) is 15.0 Å². The van der Waals surface area contributed by atoms with Crippen LogP contribution in [0.1, 0.15) is 35.1 Å². The summed E-state index contributed by atoms with van der Waals surface area (Å²) in [6, 6.07) is 7.68. The summed E-state index contributed by atoms with van der Waals surface area (Å²) < 4.78 is 5.86. The lowest BCUT2D eigenvalue weighted by Crippen LogP contribution is -2.40. The molecular formula is C17H17N5O2. The second-order valence-electron chi connectivity index (χ2n) is 5.90. The Kier molecular flexibility index (Phi) is 3.60. The standard InChI is InChI=1S/C17H17N5O2/c18-15-14(19-7-8-20-15)17(23)22-9-3-4-11(10-22)16-21-12-5-1-2-6-13(12)24-16/h1-2,5-8,11H,3-4,9-10H2,(H2,18,20)/t11-/m0/s1. The number of likely N-dealkylation sites (tertiary alicyclic amines) is 1. The van der Waals surface area contributed by atoms with Crippen molar-refractivity contribution in [3.05, 3.63) is 48.2 Å². The van der Waals surface area contributed by atoms with Crippen molar-refractivity contribution in [2.45, 2.75) is 18.8 Å². The van der Waals surface area contributed by atoms with E-state index in [1.54, 1.807) is 4.90 Å². The number of hydrogen-bond donors (Lipinski definition) is 1. The van der Waals surface area contributed by atoms with Crippen LogP contribution in [-0.4, -0.2) is 38.8 Å². The van der Waals surface area contributed by atoms with Crippen LogP contribution in [0.2, 0.25) is 0 Å². The molecule has 2 N–H and O–H groups in total. The molecule has 24 heavy (non-hydrogen) atoms. The van der Waals surface area contributed by atoms with Crippen molar-refractivity contribution in [3.8, 4) is 0 Å². The first-order valence-electron chi connectivity index (χ1n) is 7.93. The maximum absolute atomic E-state index is 12.7. The van der Waals surface area contributed by atoms with Gasteiger partial charge in [-0.05, 0) is 25.0 Å². The number of anilines is 1. The lowest BCUT2D eigenvalue weighted by molar-refractivity contribution is 0.0693. The van der Waals surface area contributed by atoms with Crippen LogP contribution in [0, 0.1) is 0 Å². The zero-order chi connectivity index (χ0) is 16.5. The fourth-order valence-electron chi connectivity index (χ4n) is 3.09. The number of carbonyl (C=O) groups is 1. The van der Waals surface area contributed by atoms with E-state index in [9.17, 15) is 4.79 Å². The number of fused-ring (bicyclic) bond motifs is 1. The van der Waals surface area contributed by atoms with Gasteiger partial charge >= 0.3 is 0 Å². The number of benzene rings is 1. The lowest BCUT2D eigenvalue weighted by atomic mass is 9.97. The zero-order valence-electron chi connectivity index (χ0n) is 13.1. The molecule has 1 saturated heterocycles. The maximum atomic E-state index is 12.7. The number of nitrogens with two attached hydrogens (primary N) is 1.